The molecule has 1 aromatic rings. The number of fused-ring (bicyclic) bond motifs is 5. The Morgan fingerprint density at radius 2 is 1.61 bits per heavy atom. The van der Waals surface area contributed by atoms with E-state index in [2.05, 4.69) is 17.3 Å². The topological polar surface area (TPSA) is 70.0 Å². The first-order valence-electron chi connectivity index (χ1n) is 7.25. The second-order valence-corrected chi connectivity index (χ2v) is 8.39. The average Bonchev–Trinajstić information content (AvgIpc) is 3.18. The number of hydrazone groups is 1. The Labute approximate surface area is 160 Å². The number of amides is 2. The molecule has 1 aliphatic heterocycles. The minimum absolute atomic E-state index is 0.184. The van der Waals surface area contributed by atoms with E-state index in [4.69, 9.17) is 0 Å². The van der Waals surface area contributed by atoms with E-state index in [0.717, 1.165) is 17.0 Å². The predicted molar refractivity (Wildman–Crippen MR) is 101 cm³/mol. The van der Waals surface area contributed by atoms with Gasteiger partial charge in [-0.1, -0.05) is 12.2 Å². The molecule has 1 saturated heterocycles. The van der Waals surface area contributed by atoms with Crippen molar-refractivity contribution in [2.45, 2.75) is 6.42 Å². The smallest absolute Gasteiger partial charge is 0.254 e. The highest BCUT2D eigenvalue weighted by Crippen LogP contribution is 2.52. The van der Waals surface area contributed by atoms with Gasteiger partial charge in [0.05, 0.1) is 25.2 Å². The van der Waals surface area contributed by atoms with Crippen LogP contribution in [0.4, 0.5) is 0 Å². The van der Waals surface area contributed by atoms with Crippen LogP contribution in [-0.2, 0) is 9.59 Å². The second kappa shape index (κ2) is 5.54. The van der Waals surface area contributed by atoms with Gasteiger partial charge in [-0.05, 0) is 81.1 Å². The molecule has 2 aliphatic carbocycles. The summed E-state index contributed by atoms with van der Waals surface area (Å²) in [5.74, 6) is -0.208. The monoisotopic (exact) mass is 534 g/mol. The number of nitrogens with zero attached hydrogens (tertiary/aromatic N) is 2. The molecule has 0 radical (unpaired) electrons. The van der Waals surface area contributed by atoms with E-state index in [0.29, 0.717) is 7.14 Å². The zero-order valence-electron chi connectivity index (χ0n) is 11.8. The molecule has 118 valence electrons. The number of benzene rings is 1. The van der Waals surface area contributed by atoms with Crippen LogP contribution in [0.25, 0.3) is 0 Å². The van der Waals surface area contributed by atoms with Gasteiger partial charge in [-0.25, -0.2) is 0 Å². The van der Waals surface area contributed by atoms with E-state index >= 15 is 0 Å². The van der Waals surface area contributed by atoms with Gasteiger partial charge in [0.15, 0.2) is 0 Å². The van der Waals surface area contributed by atoms with Crippen molar-refractivity contribution in [2.24, 2.45) is 28.8 Å². The van der Waals surface area contributed by atoms with Crippen LogP contribution in [-0.4, -0.2) is 28.1 Å². The molecule has 1 heterocycles. The Hall–Kier alpha value is -0.970. The highest BCUT2D eigenvalue weighted by molar-refractivity contribution is 14.1. The number of carbonyl (C=O) groups excluding carboxylic acids is 2. The molecule has 2 amide bonds. The summed E-state index contributed by atoms with van der Waals surface area (Å²) in [5, 5.41) is 15.0. The molecule has 5 nitrogen and oxygen atoms in total. The number of phenols is 1. The minimum atomic E-state index is -0.227. The third-order valence-electron chi connectivity index (χ3n) is 4.81. The van der Waals surface area contributed by atoms with Crippen LogP contribution >= 0.6 is 45.2 Å². The molecule has 1 aromatic carbocycles. The molecule has 3 aliphatic rings. The van der Waals surface area contributed by atoms with Crippen LogP contribution in [0.3, 0.4) is 0 Å². The zero-order valence-corrected chi connectivity index (χ0v) is 16.1. The molecule has 2 bridgehead atoms. The van der Waals surface area contributed by atoms with E-state index in [1.54, 1.807) is 12.1 Å². The van der Waals surface area contributed by atoms with Gasteiger partial charge in [0.1, 0.15) is 5.75 Å². The first-order valence-corrected chi connectivity index (χ1v) is 9.41. The average molecular weight is 534 g/mol. The summed E-state index contributed by atoms with van der Waals surface area (Å²) in [4.78, 5) is 25.0. The lowest BCUT2D eigenvalue weighted by molar-refractivity contribution is -0.140. The number of rotatable bonds is 2. The summed E-state index contributed by atoms with van der Waals surface area (Å²) in [5.41, 5.74) is 0.746. The van der Waals surface area contributed by atoms with E-state index in [9.17, 15) is 14.7 Å². The lowest BCUT2D eigenvalue weighted by atomic mass is 9.85. The SMILES string of the molecule is O=C1[C@@H]2[C@@H](C(=O)N1/N=C\c1cc(I)c(O)c(I)c1)[C@H]1C=C[C@H]2C1. The van der Waals surface area contributed by atoms with E-state index in [1.807, 2.05) is 45.2 Å². The van der Waals surface area contributed by atoms with E-state index < -0.39 is 0 Å². The number of allylic oxidation sites excluding steroid dienone is 2. The van der Waals surface area contributed by atoms with Gasteiger partial charge in [0.25, 0.3) is 11.8 Å². The first-order chi connectivity index (χ1) is 11.0. The lowest BCUT2D eigenvalue weighted by Crippen LogP contribution is -2.28. The summed E-state index contributed by atoms with van der Waals surface area (Å²) in [6, 6.07) is 3.53. The predicted octanol–water partition coefficient (Wildman–Crippen LogP) is 2.74. The zero-order chi connectivity index (χ0) is 16.3. The maximum Gasteiger partial charge on any atom is 0.254 e. The van der Waals surface area contributed by atoms with Gasteiger partial charge < -0.3 is 5.11 Å². The Balaban J connectivity index is 1.60. The lowest BCUT2D eigenvalue weighted by Gasteiger charge is -2.13. The fraction of sp³-hybridized carbons (Fsp3) is 0.312. The van der Waals surface area contributed by atoms with Crippen LogP contribution < -0.4 is 0 Å². The Bertz CT molecular complexity index is 737. The molecule has 0 spiro atoms. The van der Waals surface area contributed by atoms with Gasteiger partial charge >= 0.3 is 0 Å². The molecule has 0 aromatic heterocycles. The number of halogens is 2. The number of hydrogen-bond donors (Lipinski definition) is 1. The van der Waals surface area contributed by atoms with Crippen LogP contribution in [0.2, 0.25) is 0 Å². The largest absolute Gasteiger partial charge is 0.506 e. The molecule has 2 fully saturated rings. The quantitative estimate of drug-likeness (QED) is 0.275. The fourth-order valence-electron chi connectivity index (χ4n) is 3.78. The van der Waals surface area contributed by atoms with E-state index in [-0.39, 0.29) is 41.2 Å². The van der Waals surface area contributed by atoms with Crippen molar-refractivity contribution in [1.29, 1.82) is 0 Å². The second-order valence-electron chi connectivity index (χ2n) is 6.07. The van der Waals surface area contributed by atoms with Gasteiger partial charge in [-0.2, -0.15) is 10.1 Å². The maximum absolute atomic E-state index is 12.5. The van der Waals surface area contributed by atoms with Crippen molar-refractivity contribution in [1.82, 2.24) is 5.01 Å². The van der Waals surface area contributed by atoms with Crippen molar-refractivity contribution >= 4 is 63.2 Å². The van der Waals surface area contributed by atoms with Crippen molar-refractivity contribution < 1.29 is 14.7 Å². The molecule has 0 unspecified atom stereocenters. The van der Waals surface area contributed by atoms with Gasteiger partial charge in [-0.3, -0.25) is 9.59 Å². The summed E-state index contributed by atoms with van der Waals surface area (Å²) in [6.45, 7) is 0. The van der Waals surface area contributed by atoms with Gasteiger partial charge in [0.2, 0.25) is 0 Å². The standard InChI is InChI=1S/C16H12I2N2O3/c17-10-3-7(4-11(18)14(10)21)6-19-20-15(22)12-8-1-2-9(5-8)13(12)16(20)23/h1-4,6,8-9,12-13,21H,5H2/b19-6-/t8-,9-,12-,13-/m0/s1. The van der Waals surface area contributed by atoms with E-state index in [1.165, 1.54) is 6.21 Å². The van der Waals surface area contributed by atoms with Crippen LogP contribution in [0.1, 0.15) is 12.0 Å². The Kier molecular flexibility index (Phi) is 3.74. The normalized spacial score (nSPS) is 31.7. The molecule has 4 rings (SSSR count). The Morgan fingerprint density at radius 3 is 2.13 bits per heavy atom. The maximum atomic E-state index is 12.5. The van der Waals surface area contributed by atoms with Gasteiger partial charge in [-0.15, -0.1) is 0 Å². The molecular weight excluding hydrogens is 522 g/mol. The van der Waals surface area contributed by atoms with Crippen molar-refractivity contribution in [3.05, 3.63) is 37.0 Å². The molecule has 4 atom stereocenters. The van der Waals surface area contributed by atoms with Crippen molar-refractivity contribution in [3.63, 3.8) is 0 Å². The van der Waals surface area contributed by atoms with Crippen LogP contribution in [0.15, 0.2) is 29.4 Å². The molecule has 7 heteroatoms. The Morgan fingerprint density at radius 1 is 1.09 bits per heavy atom. The molecule has 23 heavy (non-hydrogen) atoms. The molecule has 1 saturated carbocycles. The third-order valence-corrected chi connectivity index (χ3v) is 6.45. The molecular formula is C16H12I2N2O3. The minimum Gasteiger partial charge on any atom is -0.506 e. The number of phenolic OH excluding ortho intramolecular Hbond substituents is 1. The third kappa shape index (κ3) is 2.34. The van der Waals surface area contributed by atoms with Crippen molar-refractivity contribution in [3.8, 4) is 5.75 Å². The number of imide groups is 1. The number of aromatic hydroxyl groups is 1. The van der Waals surface area contributed by atoms with Crippen LogP contribution in [0.5, 0.6) is 5.75 Å². The fourth-order valence-corrected chi connectivity index (χ4v) is 5.60. The summed E-state index contributed by atoms with van der Waals surface area (Å²) in [7, 11) is 0. The van der Waals surface area contributed by atoms with Gasteiger partial charge in [0, 0.05) is 0 Å². The highest BCUT2D eigenvalue weighted by Gasteiger charge is 2.59. The van der Waals surface area contributed by atoms with Crippen LogP contribution in [0, 0.1) is 30.8 Å². The summed E-state index contributed by atoms with van der Waals surface area (Å²) in [6.07, 6.45) is 6.55. The summed E-state index contributed by atoms with van der Waals surface area (Å²) >= 11 is 4.07. The number of carbonyl (C=O) groups is 2. The van der Waals surface area contributed by atoms with Crippen molar-refractivity contribution in [2.75, 3.05) is 0 Å². The molecule has 1 N–H and O–H groups in total. The highest BCUT2D eigenvalue weighted by atomic mass is 127. The summed E-state index contributed by atoms with van der Waals surface area (Å²) < 4.78 is 1.41. The number of hydrogen-bond acceptors (Lipinski definition) is 4. The first kappa shape index (κ1) is 15.6.